The number of hydrogen-bond donors (Lipinski definition) is 1. The number of rotatable bonds is 7. The highest BCUT2D eigenvalue weighted by atomic mass is 15.1. The monoisotopic (exact) mass is 221 g/mol. The van der Waals surface area contributed by atoms with Crippen LogP contribution in [-0.4, -0.2) is 36.1 Å². The molecule has 0 radical (unpaired) electrons. The summed E-state index contributed by atoms with van der Waals surface area (Å²) < 4.78 is 0. The highest BCUT2D eigenvalue weighted by molar-refractivity contribution is 5.02. The predicted octanol–water partition coefficient (Wildman–Crippen LogP) is 1.90. The summed E-state index contributed by atoms with van der Waals surface area (Å²) in [5.74, 6) is 0. The molecule has 0 saturated carbocycles. The van der Waals surface area contributed by atoms with Crippen LogP contribution in [0.2, 0.25) is 0 Å². The van der Waals surface area contributed by atoms with Crippen LogP contribution in [0.3, 0.4) is 0 Å². The van der Waals surface area contributed by atoms with Gasteiger partial charge in [-0.05, 0) is 45.6 Å². The molecule has 1 N–H and O–H groups in total. The molecule has 0 bridgehead atoms. The molecule has 1 unspecified atom stereocenters. The molecular formula is C13H23N3. The molecule has 16 heavy (non-hydrogen) atoms. The van der Waals surface area contributed by atoms with Gasteiger partial charge in [0.05, 0.1) is 5.69 Å². The Kier molecular flexibility index (Phi) is 6.04. The van der Waals surface area contributed by atoms with E-state index in [1.165, 1.54) is 6.42 Å². The quantitative estimate of drug-likeness (QED) is 0.762. The van der Waals surface area contributed by atoms with Gasteiger partial charge in [0.15, 0.2) is 0 Å². The lowest BCUT2D eigenvalue weighted by atomic mass is 10.2. The molecule has 1 rings (SSSR count). The van der Waals surface area contributed by atoms with Crippen molar-refractivity contribution in [3.8, 4) is 0 Å². The van der Waals surface area contributed by atoms with E-state index in [0.717, 1.165) is 25.3 Å². The molecule has 0 aliphatic rings. The molecule has 3 nitrogen and oxygen atoms in total. The molecule has 1 aromatic heterocycles. The van der Waals surface area contributed by atoms with Crippen molar-refractivity contribution in [2.75, 3.05) is 20.1 Å². The van der Waals surface area contributed by atoms with Gasteiger partial charge in [0.25, 0.3) is 0 Å². The molecule has 0 amide bonds. The SMILES string of the molecule is CCNC(C)CCN(C)Cc1ccccn1. The van der Waals surface area contributed by atoms with Gasteiger partial charge in [-0.2, -0.15) is 0 Å². The van der Waals surface area contributed by atoms with Crippen molar-refractivity contribution in [3.05, 3.63) is 30.1 Å². The third-order valence-electron chi connectivity index (χ3n) is 2.65. The second kappa shape index (κ2) is 7.36. The van der Waals surface area contributed by atoms with Gasteiger partial charge in [-0.25, -0.2) is 0 Å². The minimum atomic E-state index is 0.594. The first-order valence-electron chi connectivity index (χ1n) is 6.04. The van der Waals surface area contributed by atoms with Crippen molar-refractivity contribution in [1.29, 1.82) is 0 Å². The molecule has 1 aromatic rings. The second-order valence-corrected chi connectivity index (χ2v) is 4.31. The van der Waals surface area contributed by atoms with E-state index in [2.05, 4.69) is 42.2 Å². The van der Waals surface area contributed by atoms with E-state index in [4.69, 9.17) is 0 Å². The second-order valence-electron chi connectivity index (χ2n) is 4.31. The molecule has 90 valence electrons. The fourth-order valence-corrected chi connectivity index (χ4v) is 1.71. The summed E-state index contributed by atoms with van der Waals surface area (Å²) >= 11 is 0. The standard InChI is InChI=1S/C13H23N3/c1-4-14-12(2)8-10-16(3)11-13-7-5-6-9-15-13/h5-7,9,12,14H,4,8,10-11H2,1-3H3. The summed E-state index contributed by atoms with van der Waals surface area (Å²) in [6.45, 7) is 7.46. The molecular weight excluding hydrogens is 198 g/mol. The van der Waals surface area contributed by atoms with E-state index in [1.54, 1.807) is 0 Å². The fraction of sp³-hybridized carbons (Fsp3) is 0.615. The van der Waals surface area contributed by atoms with Crippen LogP contribution in [0.4, 0.5) is 0 Å². The molecule has 0 spiro atoms. The molecule has 3 heteroatoms. The van der Waals surface area contributed by atoms with Crippen molar-refractivity contribution in [1.82, 2.24) is 15.2 Å². The Morgan fingerprint density at radius 1 is 1.44 bits per heavy atom. The van der Waals surface area contributed by atoms with Crippen LogP contribution in [0.25, 0.3) is 0 Å². The van der Waals surface area contributed by atoms with Gasteiger partial charge in [-0.15, -0.1) is 0 Å². The van der Waals surface area contributed by atoms with Gasteiger partial charge in [-0.1, -0.05) is 13.0 Å². The van der Waals surface area contributed by atoms with Crippen LogP contribution in [-0.2, 0) is 6.54 Å². The summed E-state index contributed by atoms with van der Waals surface area (Å²) in [6, 6.07) is 6.66. The predicted molar refractivity (Wildman–Crippen MR) is 68.3 cm³/mol. The van der Waals surface area contributed by atoms with Gasteiger partial charge in [0.1, 0.15) is 0 Å². The lowest BCUT2D eigenvalue weighted by molar-refractivity contribution is 0.301. The van der Waals surface area contributed by atoms with Crippen LogP contribution >= 0.6 is 0 Å². The number of nitrogens with one attached hydrogen (secondary N) is 1. The average molecular weight is 221 g/mol. The molecule has 0 aromatic carbocycles. The van der Waals surface area contributed by atoms with Crippen LogP contribution in [0.5, 0.6) is 0 Å². The molecule has 0 saturated heterocycles. The molecule has 1 heterocycles. The van der Waals surface area contributed by atoms with Crippen molar-refractivity contribution >= 4 is 0 Å². The molecule has 1 atom stereocenters. The van der Waals surface area contributed by atoms with Crippen molar-refractivity contribution in [2.45, 2.75) is 32.9 Å². The van der Waals surface area contributed by atoms with E-state index in [-0.39, 0.29) is 0 Å². The van der Waals surface area contributed by atoms with E-state index in [0.29, 0.717) is 6.04 Å². The summed E-state index contributed by atoms with van der Waals surface area (Å²) in [5.41, 5.74) is 1.14. The Balaban J connectivity index is 2.23. The Labute approximate surface area is 98.9 Å². The van der Waals surface area contributed by atoms with Crippen LogP contribution in [0.1, 0.15) is 26.0 Å². The Morgan fingerprint density at radius 2 is 2.25 bits per heavy atom. The zero-order valence-electron chi connectivity index (χ0n) is 10.6. The molecule has 0 aliphatic heterocycles. The summed E-state index contributed by atoms with van der Waals surface area (Å²) in [7, 11) is 2.15. The zero-order chi connectivity index (χ0) is 11.8. The number of aromatic nitrogens is 1. The third kappa shape index (κ3) is 5.24. The van der Waals surface area contributed by atoms with E-state index < -0.39 is 0 Å². The van der Waals surface area contributed by atoms with Crippen LogP contribution in [0, 0.1) is 0 Å². The maximum absolute atomic E-state index is 4.32. The average Bonchev–Trinajstić information content (AvgIpc) is 2.28. The van der Waals surface area contributed by atoms with Gasteiger partial charge < -0.3 is 10.2 Å². The zero-order valence-corrected chi connectivity index (χ0v) is 10.6. The van der Waals surface area contributed by atoms with Crippen LogP contribution in [0.15, 0.2) is 24.4 Å². The van der Waals surface area contributed by atoms with E-state index in [1.807, 2.05) is 18.3 Å². The first-order valence-corrected chi connectivity index (χ1v) is 6.04. The topological polar surface area (TPSA) is 28.2 Å². The van der Waals surface area contributed by atoms with Gasteiger partial charge in [-0.3, -0.25) is 4.98 Å². The molecule has 0 fully saturated rings. The van der Waals surface area contributed by atoms with Gasteiger partial charge in [0.2, 0.25) is 0 Å². The molecule has 0 aliphatic carbocycles. The van der Waals surface area contributed by atoms with Gasteiger partial charge in [0, 0.05) is 18.8 Å². The minimum absolute atomic E-state index is 0.594. The Morgan fingerprint density at radius 3 is 2.88 bits per heavy atom. The summed E-state index contributed by atoms with van der Waals surface area (Å²) in [6.07, 6.45) is 3.03. The summed E-state index contributed by atoms with van der Waals surface area (Å²) in [5, 5.41) is 3.42. The number of pyridine rings is 1. The van der Waals surface area contributed by atoms with Gasteiger partial charge >= 0.3 is 0 Å². The smallest absolute Gasteiger partial charge is 0.0543 e. The van der Waals surface area contributed by atoms with E-state index >= 15 is 0 Å². The number of hydrogen-bond acceptors (Lipinski definition) is 3. The highest BCUT2D eigenvalue weighted by Gasteiger charge is 2.04. The first kappa shape index (κ1) is 13.1. The van der Waals surface area contributed by atoms with E-state index in [9.17, 15) is 0 Å². The number of nitrogens with zero attached hydrogens (tertiary/aromatic N) is 2. The lowest BCUT2D eigenvalue weighted by Gasteiger charge is -2.19. The Bertz CT molecular complexity index is 274. The third-order valence-corrected chi connectivity index (χ3v) is 2.65. The normalized spacial score (nSPS) is 13.0. The lowest BCUT2D eigenvalue weighted by Crippen LogP contribution is -2.30. The fourth-order valence-electron chi connectivity index (χ4n) is 1.71. The highest BCUT2D eigenvalue weighted by Crippen LogP contribution is 2.00. The largest absolute Gasteiger partial charge is 0.314 e. The first-order chi connectivity index (χ1) is 7.72. The van der Waals surface area contributed by atoms with Crippen molar-refractivity contribution in [2.24, 2.45) is 0 Å². The summed E-state index contributed by atoms with van der Waals surface area (Å²) in [4.78, 5) is 6.64. The minimum Gasteiger partial charge on any atom is -0.314 e. The maximum atomic E-state index is 4.32. The Hall–Kier alpha value is -0.930. The van der Waals surface area contributed by atoms with Crippen LogP contribution < -0.4 is 5.32 Å². The van der Waals surface area contributed by atoms with Crippen molar-refractivity contribution in [3.63, 3.8) is 0 Å². The maximum Gasteiger partial charge on any atom is 0.0543 e. The van der Waals surface area contributed by atoms with Crippen molar-refractivity contribution < 1.29 is 0 Å².